The molecule has 0 amide bonds. The lowest BCUT2D eigenvalue weighted by molar-refractivity contribution is 0.399. The summed E-state index contributed by atoms with van der Waals surface area (Å²) in [6.07, 6.45) is 1.65. The van der Waals surface area contributed by atoms with Crippen molar-refractivity contribution in [1.29, 1.82) is 0 Å². The van der Waals surface area contributed by atoms with E-state index in [2.05, 4.69) is 26.2 Å². The molecule has 1 heterocycles. The molecule has 4 nitrogen and oxygen atoms in total. The summed E-state index contributed by atoms with van der Waals surface area (Å²) in [6, 6.07) is 7.53. The van der Waals surface area contributed by atoms with Crippen molar-refractivity contribution in [2.45, 2.75) is 6.54 Å². The average Bonchev–Trinajstić information content (AvgIpc) is 2.47. The Labute approximate surface area is 131 Å². The van der Waals surface area contributed by atoms with Crippen LogP contribution in [0.5, 0.6) is 11.5 Å². The van der Waals surface area contributed by atoms with Crippen LogP contribution in [0.4, 0.5) is 5.69 Å². The van der Waals surface area contributed by atoms with Crippen molar-refractivity contribution in [2.24, 2.45) is 0 Å². The van der Waals surface area contributed by atoms with E-state index in [1.807, 2.05) is 24.3 Å². The van der Waals surface area contributed by atoms with Gasteiger partial charge in [-0.2, -0.15) is 0 Å². The first-order chi connectivity index (χ1) is 9.63. The summed E-state index contributed by atoms with van der Waals surface area (Å²) < 4.78 is 11.4. The van der Waals surface area contributed by atoms with Crippen molar-refractivity contribution in [3.05, 3.63) is 45.7 Å². The van der Waals surface area contributed by atoms with E-state index in [0.29, 0.717) is 11.7 Å². The number of halogens is 2. The van der Waals surface area contributed by atoms with Crippen LogP contribution >= 0.6 is 27.5 Å². The Morgan fingerprint density at radius 1 is 1.25 bits per heavy atom. The van der Waals surface area contributed by atoms with Gasteiger partial charge in [0, 0.05) is 22.8 Å². The van der Waals surface area contributed by atoms with E-state index in [4.69, 9.17) is 21.1 Å². The number of hydrogen-bond donors (Lipinski definition) is 1. The van der Waals surface area contributed by atoms with Gasteiger partial charge in [-0.05, 0) is 40.2 Å². The minimum atomic E-state index is 0.426. The first kappa shape index (κ1) is 14.9. The number of methoxy groups -OCH3 is 2. The number of rotatable bonds is 5. The zero-order chi connectivity index (χ0) is 14.5. The molecule has 0 fully saturated rings. The first-order valence-electron chi connectivity index (χ1n) is 5.90. The monoisotopic (exact) mass is 356 g/mol. The number of pyridine rings is 1. The second-order valence-corrected chi connectivity index (χ2v) is 5.30. The number of benzene rings is 1. The molecule has 1 N–H and O–H groups in total. The summed E-state index contributed by atoms with van der Waals surface area (Å²) in [5, 5.41) is 3.66. The van der Waals surface area contributed by atoms with Gasteiger partial charge < -0.3 is 14.8 Å². The fourth-order valence-corrected chi connectivity index (χ4v) is 2.26. The Bertz CT molecular complexity index is 608. The Morgan fingerprint density at radius 3 is 2.75 bits per heavy atom. The Morgan fingerprint density at radius 2 is 2.05 bits per heavy atom. The molecule has 0 unspecified atom stereocenters. The van der Waals surface area contributed by atoms with Crippen molar-refractivity contribution in [3.63, 3.8) is 0 Å². The smallest absolute Gasteiger partial charge is 0.152 e. The summed E-state index contributed by atoms with van der Waals surface area (Å²) in [7, 11) is 3.27. The summed E-state index contributed by atoms with van der Waals surface area (Å²) >= 11 is 9.41. The second kappa shape index (κ2) is 6.81. The Balaban J connectivity index is 2.19. The fraction of sp³-hybridized carbons (Fsp3) is 0.214. The van der Waals surface area contributed by atoms with Gasteiger partial charge in [0.1, 0.15) is 11.5 Å². The molecule has 0 spiro atoms. The topological polar surface area (TPSA) is 43.4 Å². The molecule has 0 saturated carbocycles. The van der Waals surface area contributed by atoms with E-state index in [-0.39, 0.29) is 0 Å². The van der Waals surface area contributed by atoms with Crippen molar-refractivity contribution >= 4 is 33.2 Å². The zero-order valence-electron chi connectivity index (χ0n) is 11.1. The maximum atomic E-state index is 6.04. The van der Waals surface area contributed by atoms with Gasteiger partial charge in [0.25, 0.3) is 0 Å². The van der Waals surface area contributed by atoms with Gasteiger partial charge in [-0.15, -0.1) is 0 Å². The summed E-state index contributed by atoms with van der Waals surface area (Å²) in [6.45, 7) is 0.554. The van der Waals surface area contributed by atoms with Crippen LogP contribution < -0.4 is 14.8 Å². The van der Waals surface area contributed by atoms with Gasteiger partial charge in [-0.3, -0.25) is 0 Å². The van der Waals surface area contributed by atoms with Crippen LogP contribution in [0.25, 0.3) is 0 Å². The van der Waals surface area contributed by atoms with E-state index in [0.717, 1.165) is 27.2 Å². The third-order valence-electron chi connectivity index (χ3n) is 2.76. The summed E-state index contributed by atoms with van der Waals surface area (Å²) in [5.41, 5.74) is 1.73. The van der Waals surface area contributed by atoms with Crippen LogP contribution in [0.1, 0.15) is 5.56 Å². The number of hydrogen-bond acceptors (Lipinski definition) is 4. The van der Waals surface area contributed by atoms with Crippen molar-refractivity contribution in [2.75, 3.05) is 19.5 Å². The van der Waals surface area contributed by atoms with E-state index < -0.39 is 0 Å². The highest BCUT2D eigenvalue weighted by molar-refractivity contribution is 9.10. The highest BCUT2D eigenvalue weighted by Crippen LogP contribution is 2.27. The lowest BCUT2D eigenvalue weighted by atomic mass is 10.2. The molecular weight excluding hydrogens is 344 g/mol. The molecule has 0 bridgehead atoms. The normalized spacial score (nSPS) is 10.2. The SMILES string of the molecule is COc1ccc(OC)c(CNc2cc(Br)cnc2Cl)c1. The maximum Gasteiger partial charge on any atom is 0.152 e. The van der Waals surface area contributed by atoms with Crippen LogP contribution in [0, 0.1) is 0 Å². The van der Waals surface area contributed by atoms with Crippen molar-refractivity contribution < 1.29 is 9.47 Å². The van der Waals surface area contributed by atoms with Gasteiger partial charge in [-0.1, -0.05) is 11.6 Å². The van der Waals surface area contributed by atoms with Gasteiger partial charge in [-0.25, -0.2) is 4.98 Å². The minimum absolute atomic E-state index is 0.426. The standard InChI is InChI=1S/C14H14BrClN2O2/c1-19-11-3-4-13(20-2)9(5-11)7-17-12-6-10(15)8-18-14(12)16/h3-6,8,17H,7H2,1-2H3. The number of nitrogens with zero attached hydrogens (tertiary/aromatic N) is 1. The lowest BCUT2D eigenvalue weighted by Crippen LogP contribution is -2.03. The van der Waals surface area contributed by atoms with E-state index in [9.17, 15) is 0 Å². The number of aromatic nitrogens is 1. The van der Waals surface area contributed by atoms with E-state index >= 15 is 0 Å². The molecule has 0 aliphatic rings. The molecule has 1 aromatic carbocycles. The lowest BCUT2D eigenvalue weighted by Gasteiger charge is -2.13. The predicted molar refractivity (Wildman–Crippen MR) is 83.8 cm³/mol. The quantitative estimate of drug-likeness (QED) is 0.817. The van der Waals surface area contributed by atoms with Crippen LogP contribution in [-0.4, -0.2) is 19.2 Å². The molecule has 6 heteroatoms. The van der Waals surface area contributed by atoms with Gasteiger partial charge >= 0.3 is 0 Å². The zero-order valence-corrected chi connectivity index (χ0v) is 13.5. The van der Waals surface area contributed by atoms with Crippen LogP contribution in [0.15, 0.2) is 34.9 Å². The number of nitrogens with one attached hydrogen (secondary N) is 1. The van der Waals surface area contributed by atoms with Crippen molar-refractivity contribution in [3.8, 4) is 11.5 Å². The van der Waals surface area contributed by atoms with Gasteiger partial charge in [0.2, 0.25) is 0 Å². The minimum Gasteiger partial charge on any atom is -0.497 e. The molecule has 20 heavy (non-hydrogen) atoms. The van der Waals surface area contributed by atoms with Gasteiger partial charge in [0.05, 0.1) is 19.9 Å². The largest absolute Gasteiger partial charge is 0.497 e. The first-order valence-corrected chi connectivity index (χ1v) is 7.07. The predicted octanol–water partition coefficient (Wildman–Crippen LogP) is 4.13. The molecular formula is C14H14BrClN2O2. The fourth-order valence-electron chi connectivity index (χ4n) is 1.76. The highest BCUT2D eigenvalue weighted by Gasteiger charge is 2.07. The molecule has 0 aliphatic heterocycles. The molecule has 0 aliphatic carbocycles. The van der Waals surface area contributed by atoms with Crippen LogP contribution in [-0.2, 0) is 6.54 Å². The number of ether oxygens (including phenoxy) is 2. The molecule has 2 aromatic rings. The highest BCUT2D eigenvalue weighted by atomic mass is 79.9. The number of anilines is 1. The molecule has 0 atom stereocenters. The molecule has 1 aromatic heterocycles. The molecule has 0 radical (unpaired) electrons. The van der Waals surface area contributed by atoms with Crippen LogP contribution in [0.3, 0.4) is 0 Å². The van der Waals surface area contributed by atoms with Gasteiger partial charge in [0.15, 0.2) is 5.15 Å². The third-order valence-corrected chi connectivity index (χ3v) is 3.50. The van der Waals surface area contributed by atoms with Crippen LogP contribution in [0.2, 0.25) is 5.15 Å². The van der Waals surface area contributed by atoms with Crippen molar-refractivity contribution in [1.82, 2.24) is 4.98 Å². The third kappa shape index (κ3) is 3.55. The Kier molecular flexibility index (Phi) is 5.09. The molecule has 106 valence electrons. The van der Waals surface area contributed by atoms with E-state index in [1.54, 1.807) is 20.4 Å². The van der Waals surface area contributed by atoms with E-state index in [1.165, 1.54) is 0 Å². The molecule has 2 rings (SSSR count). The maximum absolute atomic E-state index is 6.04. The summed E-state index contributed by atoms with van der Waals surface area (Å²) in [5.74, 6) is 1.57. The summed E-state index contributed by atoms with van der Waals surface area (Å²) in [4.78, 5) is 4.07. The Hall–Kier alpha value is -1.46. The molecule has 0 saturated heterocycles. The average molecular weight is 358 g/mol. The second-order valence-electron chi connectivity index (χ2n) is 4.02.